The fourth-order valence-electron chi connectivity index (χ4n) is 3.02. The van der Waals surface area contributed by atoms with Crippen molar-refractivity contribution in [1.82, 2.24) is 5.32 Å². The second-order valence-corrected chi connectivity index (χ2v) is 5.73. The number of hydrogen-bond acceptors (Lipinski definition) is 1. The lowest BCUT2D eigenvalue weighted by molar-refractivity contribution is 0.322. The Morgan fingerprint density at radius 3 is 2.47 bits per heavy atom. The standard InChI is InChI=1S/C16H25N/c1-12-9-13(2)11-15(10-12)7-8-16-6-4-5-14(3)17-16/h9-11,14,16-17H,4-8H2,1-3H3. The van der Waals surface area contributed by atoms with Crippen LogP contribution in [0.3, 0.4) is 0 Å². The van der Waals surface area contributed by atoms with Crippen LogP contribution in [0.4, 0.5) is 0 Å². The van der Waals surface area contributed by atoms with Crippen molar-refractivity contribution in [3.8, 4) is 0 Å². The molecule has 0 saturated carbocycles. The molecule has 1 nitrogen and oxygen atoms in total. The van der Waals surface area contributed by atoms with Crippen molar-refractivity contribution in [2.24, 2.45) is 0 Å². The predicted octanol–water partition coefficient (Wildman–Crippen LogP) is 3.77. The van der Waals surface area contributed by atoms with Gasteiger partial charge in [-0.1, -0.05) is 35.7 Å². The molecule has 1 fully saturated rings. The normalized spacial score (nSPS) is 24.9. The molecule has 2 atom stereocenters. The first-order valence-electron chi connectivity index (χ1n) is 6.97. The van der Waals surface area contributed by atoms with Crippen LogP contribution >= 0.6 is 0 Å². The Bertz CT molecular complexity index is 350. The fourth-order valence-corrected chi connectivity index (χ4v) is 3.02. The molecule has 2 rings (SSSR count). The van der Waals surface area contributed by atoms with Crippen molar-refractivity contribution in [2.75, 3.05) is 0 Å². The molecule has 0 aliphatic carbocycles. The van der Waals surface area contributed by atoms with E-state index < -0.39 is 0 Å². The maximum Gasteiger partial charge on any atom is 0.00727 e. The van der Waals surface area contributed by atoms with Crippen LogP contribution in [0.15, 0.2) is 18.2 Å². The van der Waals surface area contributed by atoms with Crippen LogP contribution in [0.2, 0.25) is 0 Å². The summed E-state index contributed by atoms with van der Waals surface area (Å²) in [6, 6.07) is 8.37. The largest absolute Gasteiger partial charge is 0.311 e. The van der Waals surface area contributed by atoms with Crippen molar-refractivity contribution < 1.29 is 0 Å². The van der Waals surface area contributed by atoms with Crippen LogP contribution in [0.5, 0.6) is 0 Å². The van der Waals surface area contributed by atoms with Crippen molar-refractivity contribution in [2.45, 2.75) is 65.0 Å². The molecular formula is C16H25N. The number of aryl methyl sites for hydroxylation is 3. The number of benzene rings is 1. The summed E-state index contributed by atoms with van der Waals surface area (Å²) in [6.45, 7) is 6.69. The van der Waals surface area contributed by atoms with E-state index in [1.54, 1.807) is 0 Å². The molecule has 94 valence electrons. The summed E-state index contributed by atoms with van der Waals surface area (Å²) in [4.78, 5) is 0. The molecule has 1 heteroatoms. The third-order valence-electron chi connectivity index (χ3n) is 3.77. The van der Waals surface area contributed by atoms with Crippen LogP contribution in [-0.4, -0.2) is 12.1 Å². The number of piperidine rings is 1. The Labute approximate surface area is 106 Å². The molecule has 1 saturated heterocycles. The van der Waals surface area contributed by atoms with Gasteiger partial charge in [-0.05, 0) is 52.0 Å². The summed E-state index contributed by atoms with van der Waals surface area (Å²) in [7, 11) is 0. The molecule has 0 radical (unpaired) electrons. The van der Waals surface area contributed by atoms with Crippen molar-refractivity contribution in [3.63, 3.8) is 0 Å². The minimum Gasteiger partial charge on any atom is -0.311 e. The summed E-state index contributed by atoms with van der Waals surface area (Å²) in [6.07, 6.45) is 6.60. The molecule has 1 heterocycles. The Balaban J connectivity index is 1.88. The predicted molar refractivity (Wildman–Crippen MR) is 74.5 cm³/mol. The van der Waals surface area contributed by atoms with Crippen LogP contribution in [0.25, 0.3) is 0 Å². The number of nitrogens with one attached hydrogen (secondary N) is 1. The monoisotopic (exact) mass is 231 g/mol. The highest BCUT2D eigenvalue weighted by atomic mass is 15.0. The summed E-state index contributed by atoms with van der Waals surface area (Å²) < 4.78 is 0. The van der Waals surface area contributed by atoms with Crippen LogP contribution in [-0.2, 0) is 6.42 Å². The van der Waals surface area contributed by atoms with Gasteiger partial charge in [-0.25, -0.2) is 0 Å². The second kappa shape index (κ2) is 5.68. The first-order chi connectivity index (χ1) is 8.13. The molecule has 0 bridgehead atoms. The first-order valence-corrected chi connectivity index (χ1v) is 6.97. The van der Waals surface area contributed by atoms with Gasteiger partial charge in [-0.3, -0.25) is 0 Å². The Morgan fingerprint density at radius 1 is 1.12 bits per heavy atom. The van der Waals surface area contributed by atoms with Gasteiger partial charge in [0.05, 0.1) is 0 Å². The van der Waals surface area contributed by atoms with E-state index in [9.17, 15) is 0 Å². The van der Waals surface area contributed by atoms with Gasteiger partial charge in [0.1, 0.15) is 0 Å². The lowest BCUT2D eigenvalue weighted by Crippen LogP contribution is -2.40. The van der Waals surface area contributed by atoms with E-state index in [1.165, 1.54) is 48.8 Å². The lowest BCUT2D eigenvalue weighted by atomic mass is 9.94. The second-order valence-electron chi connectivity index (χ2n) is 5.73. The highest BCUT2D eigenvalue weighted by Gasteiger charge is 2.17. The molecule has 1 aliphatic rings. The van der Waals surface area contributed by atoms with E-state index in [4.69, 9.17) is 0 Å². The average Bonchev–Trinajstić information content (AvgIpc) is 2.25. The Morgan fingerprint density at radius 2 is 1.82 bits per heavy atom. The molecule has 1 aromatic rings. The van der Waals surface area contributed by atoms with E-state index in [0.29, 0.717) is 6.04 Å². The summed E-state index contributed by atoms with van der Waals surface area (Å²) in [5.41, 5.74) is 4.29. The molecule has 1 aliphatic heterocycles. The zero-order valence-corrected chi connectivity index (χ0v) is 11.4. The zero-order chi connectivity index (χ0) is 12.3. The number of hydrogen-bond donors (Lipinski definition) is 1. The average molecular weight is 231 g/mol. The van der Waals surface area contributed by atoms with Gasteiger partial charge in [0, 0.05) is 12.1 Å². The SMILES string of the molecule is Cc1cc(C)cc(CCC2CCCC(C)N2)c1. The highest BCUT2D eigenvalue weighted by molar-refractivity contribution is 5.28. The molecule has 1 N–H and O–H groups in total. The molecule has 0 aromatic heterocycles. The summed E-state index contributed by atoms with van der Waals surface area (Å²) >= 11 is 0. The quantitative estimate of drug-likeness (QED) is 0.835. The first kappa shape index (κ1) is 12.6. The van der Waals surface area contributed by atoms with Gasteiger partial charge < -0.3 is 5.32 Å². The molecule has 0 amide bonds. The third-order valence-corrected chi connectivity index (χ3v) is 3.77. The van der Waals surface area contributed by atoms with Crippen molar-refractivity contribution >= 4 is 0 Å². The van der Waals surface area contributed by atoms with Crippen molar-refractivity contribution in [1.29, 1.82) is 0 Å². The highest BCUT2D eigenvalue weighted by Crippen LogP contribution is 2.18. The van der Waals surface area contributed by atoms with Crippen molar-refractivity contribution in [3.05, 3.63) is 34.9 Å². The molecule has 0 spiro atoms. The van der Waals surface area contributed by atoms with Crippen LogP contribution in [0.1, 0.15) is 49.3 Å². The van der Waals surface area contributed by atoms with Gasteiger partial charge >= 0.3 is 0 Å². The lowest BCUT2D eigenvalue weighted by Gasteiger charge is -2.28. The van der Waals surface area contributed by atoms with E-state index in [1.807, 2.05) is 0 Å². The van der Waals surface area contributed by atoms with Gasteiger partial charge in [-0.2, -0.15) is 0 Å². The van der Waals surface area contributed by atoms with Crippen LogP contribution < -0.4 is 5.32 Å². The maximum atomic E-state index is 3.72. The topological polar surface area (TPSA) is 12.0 Å². The van der Waals surface area contributed by atoms with E-state index >= 15 is 0 Å². The smallest absolute Gasteiger partial charge is 0.00727 e. The maximum absolute atomic E-state index is 3.72. The summed E-state index contributed by atoms with van der Waals surface area (Å²) in [5, 5.41) is 3.72. The Hall–Kier alpha value is -0.820. The van der Waals surface area contributed by atoms with Gasteiger partial charge in [0.15, 0.2) is 0 Å². The molecule has 1 aromatic carbocycles. The summed E-state index contributed by atoms with van der Waals surface area (Å²) in [5.74, 6) is 0. The van der Waals surface area contributed by atoms with Gasteiger partial charge in [0.25, 0.3) is 0 Å². The van der Waals surface area contributed by atoms with E-state index in [-0.39, 0.29) is 0 Å². The minimum absolute atomic E-state index is 0.716. The minimum atomic E-state index is 0.716. The van der Waals surface area contributed by atoms with Gasteiger partial charge in [0.2, 0.25) is 0 Å². The third kappa shape index (κ3) is 3.85. The van der Waals surface area contributed by atoms with Crippen LogP contribution in [0, 0.1) is 13.8 Å². The van der Waals surface area contributed by atoms with E-state index in [0.717, 1.165) is 6.04 Å². The van der Waals surface area contributed by atoms with E-state index in [2.05, 4.69) is 44.3 Å². The van der Waals surface area contributed by atoms with Gasteiger partial charge in [-0.15, -0.1) is 0 Å². The molecule has 2 unspecified atom stereocenters. The number of rotatable bonds is 3. The molecular weight excluding hydrogens is 206 g/mol. The Kier molecular flexibility index (Phi) is 4.22. The zero-order valence-electron chi connectivity index (χ0n) is 11.4. The molecule has 17 heavy (non-hydrogen) atoms. The fraction of sp³-hybridized carbons (Fsp3) is 0.625.